The van der Waals surface area contributed by atoms with Gasteiger partial charge in [-0.25, -0.2) is 0 Å². The van der Waals surface area contributed by atoms with Crippen LogP contribution in [-0.4, -0.2) is 31.8 Å². The molecular weight excluding hydrogens is 422 g/mol. The summed E-state index contributed by atoms with van der Waals surface area (Å²) in [5.74, 6) is 1.07. The highest BCUT2D eigenvalue weighted by Gasteiger charge is 2.32. The van der Waals surface area contributed by atoms with Gasteiger partial charge < -0.3 is 10.6 Å². The van der Waals surface area contributed by atoms with E-state index in [0.29, 0.717) is 16.8 Å². The van der Waals surface area contributed by atoms with Crippen LogP contribution in [0.2, 0.25) is 0 Å². The molecule has 0 saturated heterocycles. The first-order chi connectivity index (χ1) is 15.3. The maximum atomic E-state index is 13.0. The Morgan fingerprint density at radius 1 is 1.06 bits per heavy atom. The summed E-state index contributed by atoms with van der Waals surface area (Å²) in [7, 11) is 0. The number of anilines is 2. The highest BCUT2D eigenvalue weighted by molar-refractivity contribution is 8.00. The molecule has 7 nitrogen and oxygen atoms in total. The number of para-hydroxylation sites is 1. The zero-order valence-electron chi connectivity index (χ0n) is 18.7. The summed E-state index contributed by atoms with van der Waals surface area (Å²) in [6.45, 7) is 7.33. The van der Waals surface area contributed by atoms with E-state index in [1.165, 1.54) is 18.7 Å². The van der Waals surface area contributed by atoms with Crippen molar-refractivity contribution in [1.29, 1.82) is 0 Å². The lowest BCUT2D eigenvalue weighted by Crippen LogP contribution is -2.24. The number of nitrogens with one attached hydrogen (secondary N) is 2. The molecule has 1 atom stereocenters. The van der Waals surface area contributed by atoms with Gasteiger partial charge in [-0.2, -0.15) is 0 Å². The molecule has 32 heavy (non-hydrogen) atoms. The fraction of sp³-hybridized carbons (Fsp3) is 0.333. The Hall–Kier alpha value is -3.13. The van der Waals surface area contributed by atoms with Crippen LogP contribution in [0.1, 0.15) is 49.6 Å². The quantitative estimate of drug-likeness (QED) is 0.504. The molecule has 4 rings (SSSR count). The smallest absolute Gasteiger partial charge is 0.237 e. The molecule has 0 radical (unpaired) electrons. The van der Waals surface area contributed by atoms with Crippen LogP contribution in [-0.2, 0) is 9.59 Å². The van der Waals surface area contributed by atoms with E-state index in [0.717, 1.165) is 41.2 Å². The molecule has 1 aromatic heterocycles. The van der Waals surface area contributed by atoms with Gasteiger partial charge in [0.15, 0.2) is 5.16 Å². The number of hydrogen-bond donors (Lipinski definition) is 2. The maximum absolute atomic E-state index is 13.0. The predicted molar refractivity (Wildman–Crippen MR) is 128 cm³/mol. The van der Waals surface area contributed by atoms with Crippen molar-refractivity contribution >= 4 is 35.0 Å². The lowest BCUT2D eigenvalue weighted by molar-refractivity contribution is -0.115. The third kappa shape index (κ3) is 4.85. The third-order valence-corrected chi connectivity index (χ3v) is 6.45. The first-order valence-electron chi connectivity index (χ1n) is 10.7. The van der Waals surface area contributed by atoms with Gasteiger partial charge in [0.25, 0.3) is 0 Å². The molecule has 1 heterocycles. The number of aromatic nitrogens is 3. The van der Waals surface area contributed by atoms with Crippen molar-refractivity contribution in [3.8, 4) is 5.69 Å². The lowest BCUT2D eigenvalue weighted by Gasteiger charge is -2.16. The van der Waals surface area contributed by atoms with Crippen LogP contribution in [0, 0.1) is 13.8 Å². The Labute approximate surface area is 192 Å². The van der Waals surface area contributed by atoms with Gasteiger partial charge in [0.2, 0.25) is 11.8 Å². The number of hydrogen-bond acceptors (Lipinski definition) is 5. The van der Waals surface area contributed by atoms with Crippen LogP contribution in [0.25, 0.3) is 5.69 Å². The molecule has 1 saturated carbocycles. The Kier molecular flexibility index (Phi) is 6.32. The van der Waals surface area contributed by atoms with Gasteiger partial charge in [0, 0.05) is 24.2 Å². The number of carbonyl (C=O) groups excluding carboxylic acids is 2. The van der Waals surface area contributed by atoms with E-state index in [1.807, 2.05) is 67.8 Å². The molecule has 1 aliphatic carbocycles. The van der Waals surface area contributed by atoms with Crippen molar-refractivity contribution in [1.82, 2.24) is 14.8 Å². The molecule has 166 valence electrons. The second-order valence-corrected chi connectivity index (χ2v) is 9.51. The van der Waals surface area contributed by atoms with Crippen LogP contribution in [0.3, 0.4) is 0 Å². The van der Waals surface area contributed by atoms with Crippen molar-refractivity contribution in [2.75, 3.05) is 10.6 Å². The molecule has 0 aliphatic heterocycles. The SMILES string of the molecule is CC(=O)Nc1cccc(-n2c(SC(C)C(=O)Nc3c(C)cccc3C)nnc2C2CC2)c1. The van der Waals surface area contributed by atoms with E-state index in [9.17, 15) is 9.59 Å². The predicted octanol–water partition coefficient (Wildman–Crippen LogP) is 4.84. The fourth-order valence-electron chi connectivity index (χ4n) is 3.58. The molecule has 8 heteroatoms. The average molecular weight is 450 g/mol. The molecule has 0 bridgehead atoms. The number of aryl methyl sites for hydroxylation is 2. The molecular formula is C24H27N5O2S. The Balaban J connectivity index is 1.59. The number of thioether (sulfide) groups is 1. The van der Waals surface area contributed by atoms with E-state index in [4.69, 9.17) is 0 Å². The van der Waals surface area contributed by atoms with Gasteiger partial charge in [0.05, 0.1) is 10.9 Å². The molecule has 3 aromatic rings. The minimum absolute atomic E-state index is 0.0816. The number of carbonyl (C=O) groups is 2. The number of benzene rings is 2. The largest absolute Gasteiger partial charge is 0.326 e. The summed E-state index contributed by atoms with van der Waals surface area (Å²) in [6, 6.07) is 13.6. The Morgan fingerprint density at radius 3 is 2.41 bits per heavy atom. The van der Waals surface area contributed by atoms with Crippen molar-refractivity contribution < 1.29 is 9.59 Å². The summed E-state index contributed by atoms with van der Waals surface area (Å²) in [6.07, 6.45) is 2.16. The van der Waals surface area contributed by atoms with Crippen LogP contribution in [0.15, 0.2) is 47.6 Å². The number of nitrogens with zero attached hydrogens (tertiary/aromatic N) is 3. The van der Waals surface area contributed by atoms with Crippen LogP contribution in [0.5, 0.6) is 0 Å². The normalized spacial score (nSPS) is 14.1. The van der Waals surface area contributed by atoms with E-state index in [1.54, 1.807) is 0 Å². The highest BCUT2D eigenvalue weighted by Crippen LogP contribution is 2.41. The molecule has 1 unspecified atom stereocenters. The van der Waals surface area contributed by atoms with Gasteiger partial charge in [-0.15, -0.1) is 10.2 Å². The van der Waals surface area contributed by atoms with Crippen LogP contribution < -0.4 is 10.6 Å². The monoisotopic (exact) mass is 449 g/mol. The molecule has 0 spiro atoms. The third-order valence-electron chi connectivity index (χ3n) is 5.41. The van der Waals surface area contributed by atoms with E-state index in [-0.39, 0.29) is 17.1 Å². The molecule has 1 fully saturated rings. The van der Waals surface area contributed by atoms with E-state index < -0.39 is 0 Å². The zero-order chi connectivity index (χ0) is 22.8. The van der Waals surface area contributed by atoms with Crippen molar-refractivity contribution in [3.63, 3.8) is 0 Å². The topological polar surface area (TPSA) is 88.9 Å². The summed E-state index contributed by atoms with van der Waals surface area (Å²) >= 11 is 1.38. The number of amides is 2. The first kappa shape index (κ1) is 22.1. The molecule has 2 N–H and O–H groups in total. The van der Waals surface area contributed by atoms with Crippen molar-refractivity contribution in [2.24, 2.45) is 0 Å². The fourth-order valence-corrected chi connectivity index (χ4v) is 4.45. The molecule has 2 aromatic carbocycles. The van der Waals surface area contributed by atoms with E-state index >= 15 is 0 Å². The zero-order valence-corrected chi connectivity index (χ0v) is 19.5. The Bertz CT molecular complexity index is 1150. The summed E-state index contributed by atoms with van der Waals surface area (Å²) in [4.78, 5) is 24.5. The minimum atomic E-state index is -0.373. The van der Waals surface area contributed by atoms with Crippen LogP contribution >= 0.6 is 11.8 Å². The summed E-state index contributed by atoms with van der Waals surface area (Å²) in [5.41, 5.74) is 4.50. The maximum Gasteiger partial charge on any atom is 0.237 e. The minimum Gasteiger partial charge on any atom is -0.326 e. The average Bonchev–Trinajstić information content (AvgIpc) is 3.50. The van der Waals surface area contributed by atoms with Crippen molar-refractivity contribution in [2.45, 2.75) is 56.9 Å². The van der Waals surface area contributed by atoms with Crippen molar-refractivity contribution in [3.05, 3.63) is 59.4 Å². The van der Waals surface area contributed by atoms with Gasteiger partial charge in [0.1, 0.15) is 5.82 Å². The number of rotatable bonds is 7. The van der Waals surface area contributed by atoms with Gasteiger partial charge in [-0.3, -0.25) is 14.2 Å². The second kappa shape index (κ2) is 9.16. The van der Waals surface area contributed by atoms with Gasteiger partial charge >= 0.3 is 0 Å². The van der Waals surface area contributed by atoms with E-state index in [2.05, 4.69) is 20.8 Å². The van der Waals surface area contributed by atoms with Gasteiger partial charge in [-0.1, -0.05) is 36.0 Å². The molecule has 1 aliphatic rings. The second-order valence-electron chi connectivity index (χ2n) is 8.20. The first-order valence-corrected chi connectivity index (χ1v) is 11.6. The summed E-state index contributed by atoms with van der Waals surface area (Å²) < 4.78 is 2.01. The van der Waals surface area contributed by atoms with Gasteiger partial charge in [-0.05, 0) is 62.9 Å². The Morgan fingerprint density at radius 2 is 1.75 bits per heavy atom. The lowest BCUT2D eigenvalue weighted by atomic mass is 10.1. The highest BCUT2D eigenvalue weighted by atomic mass is 32.2. The van der Waals surface area contributed by atoms with Crippen LogP contribution in [0.4, 0.5) is 11.4 Å². The standard InChI is InChI=1S/C24H27N5O2S/c1-14-7-5-8-15(2)21(14)26-23(31)16(3)32-24-28-27-22(18-11-12-18)29(24)20-10-6-9-19(13-20)25-17(4)30/h5-10,13,16,18H,11-12H2,1-4H3,(H,25,30)(H,26,31). The summed E-state index contributed by atoms with van der Waals surface area (Å²) in [5, 5.41) is 15.0. The molecule has 2 amide bonds.